The largest absolute Gasteiger partial charge is 0.369 e. The Morgan fingerprint density at radius 3 is 2.59 bits per heavy atom. The van der Waals surface area contributed by atoms with Crippen molar-refractivity contribution < 1.29 is 4.79 Å². The SMILES string of the molecule is Cc1nc(CC(=O)N(Cc2cccc(-c3ccc4ncnc(NCCc5ccccc5)c4c3)c2)C2CC2)cs1. The number of amides is 1. The molecule has 1 aliphatic rings. The maximum absolute atomic E-state index is 13.2. The number of hydrogen-bond donors (Lipinski definition) is 1. The first kappa shape index (κ1) is 25.2. The fourth-order valence-corrected chi connectivity index (χ4v) is 5.56. The Morgan fingerprint density at radius 2 is 1.79 bits per heavy atom. The van der Waals surface area contributed by atoms with Crippen molar-refractivity contribution in [3.63, 3.8) is 0 Å². The number of carbonyl (C=O) groups is 1. The Hall–Kier alpha value is -4.10. The van der Waals surface area contributed by atoms with Crippen molar-refractivity contribution in [2.75, 3.05) is 11.9 Å². The maximum Gasteiger partial charge on any atom is 0.229 e. The summed E-state index contributed by atoms with van der Waals surface area (Å²) in [6.07, 6.45) is 5.06. The Morgan fingerprint density at radius 1 is 0.974 bits per heavy atom. The van der Waals surface area contributed by atoms with Gasteiger partial charge in [0.15, 0.2) is 0 Å². The maximum atomic E-state index is 13.2. The van der Waals surface area contributed by atoms with Crippen LogP contribution in [-0.2, 0) is 24.2 Å². The van der Waals surface area contributed by atoms with Gasteiger partial charge in [-0.05, 0) is 66.6 Å². The van der Waals surface area contributed by atoms with Crippen molar-refractivity contribution in [3.8, 4) is 11.1 Å². The van der Waals surface area contributed by atoms with Crippen molar-refractivity contribution in [2.24, 2.45) is 0 Å². The quantitative estimate of drug-likeness (QED) is 0.223. The molecule has 2 aromatic heterocycles. The number of anilines is 1. The fourth-order valence-electron chi connectivity index (χ4n) is 4.95. The van der Waals surface area contributed by atoms with Crippen LogP contribution in [0.3, 0.4) is 0 Å². The zero-order valence-electron chi connectivity index (χ0n) is 22.0. The lowest BCUT2D eigenvalue weighted by molar-refractivity contribution is -0.131. The van der Waals surface area contributed by atoms with E-state index in [1.54, 1.807) is 17.7 Å². The summed E-state index contributed by atoms with van der Waals surface area (Å²) in [6.45, 7) is 3.39. The normalized spacial score (nSPS) is 12.9. The molecule has 1 N–H and O–H groups in total. The van der Waals surface area contributed by atoms with Gasteiger partial charge >= 0.3 is 0 Å². The van der Waals surface area contributed by atoms with E-state index in [1.165, 1.54) is 5.56 Å². The van der Waals surface area contributed by atoms with E-state index in [4.69, 9.17) is 0 Å². The first-order valence-electron chi connectivity index (χ1n) is 13.4. The molecule has 3 aromatic carbocycles. The average Bonchev–Trinajstić information content (AvgIpc) is 3.73. The Balaban J connectivity index is 1.20. The first-order chi connectivity index (χ1) is 19.1. The minimum absolute atomic E-state index is 0.155. The van der Waals surface area contributed by atoms with Gasteiger partial charge in [0.2, 0.25) is 5.91 Å². The van der Waals surface area contributed by atoms with Gasteiger partial charge < -0.3 is 10.2 Å². The number of aryl methyl sites for hydroxylation is 1. The third-order valence-electron chi connectivity index (χ3n) is 7.10. The van der Waals surface area contributed by atoms with E-state index < -0.39 is 0 Å². The summed E-state index contributed by atoms with van der Waals surface area (Å²) in [5.74, 6) is 0.999. The van der Waals surface area contributed by atoms with Crippen LogP contribution in [-0.4, -0.2) is 38.3 Å². The molecule has 6 rings (SSSR count). The molecule has 0 spiro atoms. The Labute approximate surface area is 232 Å². The summed E-state index contributed by atoms with van der Waals surface area (Å²) in [6, 6.07) is 25.6. The van der Waals surface area contributed by atoms with Gasteiger partial charge in [-0.25, -0.2) is 15.0 Å². The van der Waals surface area contributed by atoms with Gasteiger partial charge in [0.05, 0.1) is 22.6 Å². The Bertz CT molecular complexity index is 1600. The van der Waals surface area contributed by atoms with Crippen LogP contribution in [0.1, 0.15) is 34.7 Å². The highest BCUT2D eigenvalue weighted by Crippen LogP contribution is 2.31. The molecule has 0 aliphatic heterocycles. The number of thiazole rings is 1. The summed E-state index contributed by atoms with van der Waals surface area (Å²) in [5, 5.41) is 7.50. The Kier molecular flexibility index (Phi) is 7.32. The van der Waals surface area contributed by atoms with Gasteiger partial charge in [-0.3, -0.25) is 4.79 Å². The second kappa shape index (κ2) is 11.3. The molecule has 0 unspecified atom stereocenters. The van der Waals surface area contributed by atoms with Gasteiger partial charge in [-0.2, -0.15) is 0 Å². The summed E-state index contributed by atoms with van der Waals surface area (Å²) >= 11 is 1.60. The van der Waals surface area contributed by atoms with Crippen LogP contribution >= 0.6 is 11.3 Å². The highest BCUT2D eigenvalue weighted by molar-refractivity contribution is 7.09. The molecule has 1 saturated carbocycles. The van der Waals surface area contributed by atoms with E-state index in [1.807, 2.05) is 23.3 Å². The molecule has 1 amide bonds. The number of fused-ring (bicyclic) bond motifs is 1. The third kappa shape index (κ3) is 6.15. The predicted molar refractivity (Wildman–Crippen MR) is 158 cm³/mol. The number of nitrogens with zero attached hydrogens (tertiary/aromatic N) is 4. The third-order valence-corrected chi connectivity index (χ3v) is 7.93. The molecule has 0 atom stereocenters. The second-order valence-electron chi connectivity index (χ2n) is 10.1. The summed E-state index contributed by atoms with van der Waals surface area (Å²) in [5.41, 5.74) is 6.43. The van der Waals surface area contributed by atoms with Gasteiger partial charge in [-0.15, -0.1) is 11.3 Å². The number of aromatic nitrogens is 3. The summed E-state index contributed by atoms with van der Waals surface area (Å²) in [4.78, 5) is 28.7. The fraction of sp³-hybridized carbons (Fsp3) is 0.250. The molecule has 1 fully saturated rings. The highest BCUT2D eigenvalue weighted by Gasteiger charge is 2.32. The predicted octanol–water partition coefficient (Wildman–Crippen LogP) is 6.45. The number of carbonyl (C=O) groups excluding carboxylic acids is 1. The van der Waals surface area contributed by atoms with Crippen molar-refractivity contribution >= 4 is 34.0 Å². The molecule has 0 saturated heterocycles. The molecule has 6 nitrogen and oxygen atoms in total. The zero-order valence-corrected chi connectivity index (χ0v) is 22.8. The van der Waals surface area contributed by atoms with Crippen molar-refractivity contribution in [3.05, 3.63) is 106 Å². The number of benzene rings is 3. The number of nitrogens with one attached hydrogen (secondary N) is 1. The molecule has 196 valence electrons. The van der Waals surface area contributed by atoms with Crippen LogP contribution in [0.4, 0.5) is 5.82 Å². The average molecular weight is 534 g/mol. The summed E-state index contributed by atoms with van der Waals surface area (Å²) < 4.78 is 0. The minimum atomic E-state index is 0.155. The summed E-state index contributed by atoms with van der Waals surface area (Å²) in [7, 11) is 0. The van der Waals surface area contributed by atoms with Gasteiger partial charge in [0.25, 0.3) is 0 Å². The lowest BCUT2D eigenvalue weighted by atomic mass is 10.0. The molecule has 5 aromatic rings. The molecule has 1 aliphatic carbocycles. The van der Waals surface area contributed by atoms with E-state index in [9.17, 15) is 4.79 Å². The molecular weight excluding hydrogens is 502 g/mol. The van der Waals surface area contributed by atoms with Crippen LogP contribution in [0.2, 0.25) is 0 Å². The van der Waals surface area contributed by atoms with Crippen LogP contribution in [0, 0.1) is 6.92 Å². The van der Waals surface area contributed by atoms with Gasteiger partial charge in [0.1, 0.15) is 12.1 Å². The van der Waals surface area contributed by atoms with E-state index in [2.05, 4.69) is 87.0 Å². The monoisotopic (exact) mass is 533 g/mol. The molecular formula is C32H31N5OS. The topological polar surface area (TPSA) is 71.0 Å². The first-order valence-corrected chi connectivity index (χ1v) is 14.3. The molecule has 0 bridgehead atoms. The van der Waals surface area contributed by atoms with Crippen LogP contribution in [0.5, 0.6) is 0 Å². The lowest BCUT2D eigenvalue weighted by Gasteiger charge is -2.22. The molecule has 0 radical (unpaired) electrons. The second-order valence-corrected chi connectivity index (χ2v) is 11.2. The number of rotatable bonds is 10. The number of hydrogen-bond acceptors (Lipinski definition) is 6. The molecule has 7 heteroatoms. The van der Waals surface area contributed by atoms with Crippen molar-refractivity contribution in [1.82, 2.24) is 19.9 Å². The van der Waals surface area contributed by atoms with Crippen LogP contribution < -0.4 is 5.32 Å². The highest BCUT2D eigenvalue weighted by atomic mass is 32.1. The van der Waals surface area contributed by atoms with E-state index in [0.717, 1.165) is 69.9 Å². The van der Waals surface area contributed by atoms with E-state index >= 15 is 0 Å². The zero-order chi connectivity index (χ0) is 26.6. The van der Waals surface area contributed by atoms with Crippen LogP contribution in [0.15, 0.2) is 84.5 Å². The van der Waals surface area contributed by atoms with Crippen molar-refractivity contribution in [1.29, 1.82) is 0 Å². The molecule has 2 heterocycles. The van der Waals surface area contributed by atoms with E-state index in [0.29, 0.717) is 19.0 Å². The van der Waals surface area contributed by atoms with Gasteiger partial charge in [-0.1, -0.05) is 54.6 Å². The van der Waals surface area contributed by atoms with Crippen molar-refractivity contribution in [2.45, 2.75) is 45.2 Å². The van der Waals surface area contributed by atoms with E-state index in [-0.39, 0.29) is 5.91 Å². The minimum Gasteiger partial charge on any atom is -0.369 e. The van der Waals surface area contributed by atoms with Crippen LogP contribution in [0.25, 0.3) is 22.0 Å². The van der Waals surface area contributed by atoms with Gasteiger partial charge in [0, 0.05) is 29.9 Å². The molecule has 39 heavy (non-hydrogen) atoms. The smallest absolute Gasteiger partial charge is 0.229 e. The standard InChI is InChI=1S/C32H31N5OS/c1-22-36-27(20-39-22)18-31(38)37(28-11-12-28)19-24-8-5-9-25(16-24)26-10-13-30-29(17-26)32(35-21-34-30)33-15-14-23-6-3-2-4-7-23/h2-10,13,16-17,20-21,28H,11-12,14-15,18-19H2,1H3,(H,33,34,35). The lowest BCUT2D eigenvalue weighted by Crippen LogP contribution is -2.33.